The number of hydrogen-bond donors (Lipinski definition) is 1. The van der Waals surface area contributed by atoms with Gasteiger partial charge in [-0.1, -0.05) is 0 Å². The standard InChI is InChI=1S/C19H28N4O2/c24-19-15(5-9-21-19)6-12-22-13-7-16(14-22)25-17-4-3-8-20-18(17)23-10-1-2-11-23/h3-4,8,15-16H,1-2,5-7,9-14H2,(H,21,24)/t15-,16+/m1/s1. The molecule has 1 N–H and O–H groups in total. The van der Waals surface area contributed by atoms with Gasteiger partial charge in [-0.15, -0.1) is 0 Å². The molecule has 0 saturated carbocycles. The van der Waals surface area contributed by atoms with Crippen molar-refractivity contribution >= 4 is 11.7 Å². The van der Waals surface area contributed by atoms with E-state index in [1.54, 1.807) is 0 Å². The summed E-state index contributed by atoms with van der Waals surface area (Å²) < 4.78 is 6.32. The van der Waals surface area contributed by atoms with E-state index in [1.165, 1.54) is 12.8 Å². The molecule has 0 aromatic carbocycles. The molecule has 1 aromatic heterocycles. The second-order valence-electron chi connectivity index (χ2n) is 7.41. The molecule has 136 valence electrons. The summed E-state index contributed by atoms with van der Waals surface area (Å²) in [5.74, 6) is 2.37. The van der Waals surface area contributed by atoms with Gasteiger partial charge in [-0.25, -0.2) is 4.98 Å². The average molecular weight is 344 g/mol. The number of ether oxygens (including phenoxy) is 1. The summed E-state index contributed by atoms with van der Waals surface area (Å²) in [6, 6.07) is 4.01. The number of hydrogen-bond acceptors (Lipinski definition) is 5. The van der Waals surface area contributed by atoms with Crippen LogP contribution in [0.2, 0.25) is 0 Å². The number of pyridine rings is 1. The Morgan fingerprint density at radius 3 is 2.92 bits per heavy atom. The number of nitrogens with one attached hydrogen (secondary N) is 1. The third kappa shape index (κ3) is 3.89. The van der Waals surface area contributed by atoms with Crippen LogP contribution in [-0.2, 0) is 4.79 Å². The van der Waals surface area contributed by atoms with Gasteiger partial charge in [-0.05, 0) is 50.8 Å². The van der Waals surface area contributed by atoms with Gasteiger partial charge >= 0.3 is 0 Å². The summed E-state index contributed by atoms with van der Waals surface area (Å²) in [7, 11) is 0. The van der Waals surface area contributed by atoms with Crippen LogP contribution in [-0.4, -0.2) is 61.2 Å². The van der Waals surface area contributed by atoms with Gasteiger partial charge in [0.15, 0.2) is 11.6 Å². The number of anilines is 1. The quantitative estimate of drug-likeness (QED) is 0.851. The van der Waals surface area contributed by atoms with Crippen molar-refractivity contribution < 1.29 is 9.53 Å². The maximum Gasteiger partial charge on any atom is 0.223 e. The first-order chi connectivity index (χ1) is 12.3. The van der Waals surface area contributed by atoms with Gasteiger partial charge in [0.2, 0.25) is 5.91 Å². The molecule has 3 saturated heterocycles. The van der Waals surface area contributed by atoms with Gasteiger partial charge in [0.1, 0.15) is 6.10 Å². The van der Waals surface area contributed by atoms with Gasteiger partial charge in [0.05, 0.1) is 0 Å². The Hall–Kier alpha value is -1.82. The Morgan fingerprint density at radius 1 is 1.24 bits per heavy atom. The number of likely N-dealkylation sites (tertiary alicyclic amines) is 1. The molecular formula is C19H28N4O2. The van der Waals surface area contributed by atoms with Crippen LogP contribution in [0.5, 0.6) is 5.75 Å². The highest BCUT2D eigenvalue weighted by molar-refractivity contribution is 5.80. The molecule has 4 heterocycles. The van der Waals surface area contributed by atoms with E-state index in [9.17, 15) is 4.79 Å². The molecule has 0 spiro atoms. The molecule has 1 amide bonds. The Bertz CT molecular complexity index is 603. The second-order valence-corrected chi connectivity index (χ2v) is 7.41. The van der Waals surface area contributed by atoms with Gasteiger partial charge in [0, 0.05) is 44.8 Å². The highest BCUT2D eigenvalue weighted by atomic mass is 16.5. The van der Waals surface area contributed by atoms with Gasteiger partial charge in [0.25, 0.3) is 0 Å². The van der Waals surface area contributed by atoms with Crippen LogP contribution in [0.25, 0.3) is 0 Å². The van der Waals surface area contributed by atoms with Crippen LogP contribution in [0.15, 0.2) is 18.3 Å². The molecule has 0 unspecified atom stereocenters. The van der Waals surface area contributed by atoms with Gasteiger partial charge in [-0.3, -0.25) is 9.69 Å². The molecule has 6 heteroatoms. The Balaban J connectivity index is 1.30. The van der Waals surface area contributed by atoms with E-state index in [1.807, 2.05) is 18.3 Å². The predicted molar refractivity (Wildman–Crippen MR) is 96.9 cm³/mol. The summed E-state index contributed by atoms with van der Waals surface area (Å²) in [5.41, 5.74) is 0. The molecule has 25 heavy (non-hydrogen) atoms. The van der Waals surface area contributed by atoms with E-state index >= 15 is 0 Å². The third-order valence-corrected chi connectivity index (χ3v) is 5.64. The molecule has 3 aliphatic heterocycles. The van der Waals surface area contributed by atoms with Crippen LogP contribution in [0.4, 0.5) is 5.82 Å². The largest absolute Gasteiger partial charge is 0.485 e. The first kappa shape index (κ1) is 16.6. The van der Waals surface area contributed by atoms with Crippen molar-refractivity contribution in [2.75, 3.05) is 44.2 Å². The van der Waals surface area contributed by atoms with E-state index in [0.717, 1.165) is 70.1 Å². The van der Waals surface area contributed by atoms with Crippen LogP contribution >= 0.6 is 0 Å². The summed E-state index contributed by atoms with van der Waals surface area (Å²) in [6.45, 7) is 5.99. The molecule has 0 bridgehead atoms. The zero-order valence-electron chi connectivity index (χ0n) is 14.8. The Kier molecular flexibility index (Phi) is 5.06. The molecule has 3 aliphatic rings. The molecule has 1 aromatic rings. The lowest BCUT2D eigenvalue weighted by Crippen LogP contribution is -2.29. The zero-order valence-corrected chi connectivity index (χ0v) is 14.8. The fourth-order valence-corrected chi connectivity index (χ4v) is 4.18. The van der Waals surface area contributed by atoms with Crippen molar-refractivity contribution in [1.29, 1.82) is 0 Å². The minimum atomic E-state index is 0.208. The van der Waals surface area contributed by atoms with E-state index < -0.39 is 0 Å². The van der Waals surface area contributed by atoms with E-state index in [4.69, 9.17) is 4.74 Å². The topological polar surface area (TPSA) is 57.7 Å². The fraction of sp³-hybridized carbons (Fsp3) is 0.684. The van der Waals surface area contributed by atoms with E-state index in [2.05, 4.69) is 20.1 Å². The maximum atomic E-state index is 11.7. The van der Waals surface area contributed by atoms with Crippen molar-refractivity contribution in [3.05, 3.63) is 18.3 Å². The van der Waals surface area contributed by atoms with E-state index in [0.29, 0.717) is 0 Å². The van der Waals surface area contributed by atoms with Crippen molar-refractivity contribution in [2.24, 2.45) is 5.92 Å². The molecule has 2 atom stereocenters. The molecule has 0 aliphatic carbocycles. The lowest BCUT2D eigenvalue weighted by atomic mass is 10.0. The third-order valence-electron chi connectivity index (χ3n) is 5.64. The Labute approximate surface area is 149 Å². The number of carbonyl (C=O) groups is 1. The normalized spacial score (nSPS) is 27.0. The number of carbonyl (C=O) groups excluding carboxylic acids is 1. The molecular weight excluding hydrogens is 316 g/mol. The smallest absolute Gasteiger partial charge is 0.223 e. The van der Waals surface area contributed by atoms with Crippen LogP contribution < -0.4 is 15.0 Å². The lowest BCUT2D eigenvalue weighted by molar-refractivity contribution is -0.122. The van der Waals surface area contributed by atoms with Crippen molar-refractivity contribution in [3.8, 4) is 5.75 Å². The molecule has 0 radical (unpaired) electrons. The predicted octanol–water partition coefficient (Wildman–Crippen LogP) is 1.66. The number of aromatic nitrogens is 1. The Morgan fingerprint density at radius 2 is 2.12 bits per heavy atom. The summed E-state index contributed by atoms with van der Waals surface area (Å²) in [4.78, 5) is 21.0. The number of rotatable bonds is 6. The zero-order chi connectivity index (χ0) is 17.1. The lowest BCUT2D eigenvalue weighted by Gasteiger charge is -2.22. The van der Waals surface area contributed by atoms with Crippen molar-refractivity contribution in [2.45, 2.75) is 38.2 Å². The first-order valence-electron chi connectivity index (χ1n) is 9.66. The van der Waals surface area contributed by atoms with Crippen LogP contribution in [0.1, 0.15) is 32.1 Å². The molecule has 4 rings (SSSR count). The van der Waals surface area contributed by atoms with Crippen molar-refractivity contribution in [1.82, 2.24) is 15.2 Å². The van der Waals surface area contributed by atoms with Crippen LogP contribution in [0, 0.1) is 5.92 Å². The first-order valence-corrected chi connectivity index (χ1v) is 9.66. The maximum absolute atomic E-state index is 11.7. The summed E-state index contributed by atoms with van der Waals surface area (Å²) in [5, 5.41) is 2.93. The SMILES string of the molecule is O=C1NCC[C@@H]1CCN1CC[C@H](Oc2cccnc2N2CCCC2)C1. The van der Waals surface area contributed by atoms with Crippen LogP contribution in [0.3, 0.4) is 0 Å². The second kappa shape index (κ2) is 7.60. The highest BCUT2D eigenvalue weighted by Crippen LogP contribution is 2.30. The molecule has 3 fully saturated rings. The van der Waals surface area contributed by atoms with E-state index in [-0.39, 0.29) is 17.9 Å². The molecule has 6 nitrogen and oxygen atoms in total. The highest BCUT2D eigenvalue weighted by Gasteiger charge is 2.29. The average Bonchev–Trinajstić information content (AvgIpc) is 3.36. The van der Waals surface area contributed by atoms with Crippen molar-refractivity contribution in [3.63, 3.8) is 0 Å². The minimum absolute atomic E-state index is 0.208. The van der Waals surface area contributed by atoms with Gasteiger partial charge in [-0.2, -0.15) is 0 Å². The number of nitrogens with zero attached hydrogens (tertiary/aromatic N) is 3. The number of amides is 1. The van der Waals surface area contributed by atoms with Gasteiger partial charge < -0.3 is 15.0 Å². The fourth-order valence-electron chi connectivity index (χ4n) is 4.18. The monoisotopic (exact) mass is 344 g/mol. The summed E-state index contributed by atoms with van der Waals surface area (Å²) in [6.07, 6.45) is 7.55. The summed E-state index contributed by atoms with van der Waals surface area (Å²) >= 11 is 0. The minimum Gasteiger partial charge on any atom is -0.485 e.